The third-order valence-corrected chi connectivity index (χ3v) is 3.70. The summed E-state index contributed by atoms with van der Waals surface area (Å²) in [5.74, 6) is -0.433. The lowest BCUT2D eigenvalue weighted by molar-refractivity contribution is -0.132. The molecule has 0 aliphatic rings. The van der Waals surface area contributed by atoms with Crippen molar-refractivity contribution in [2.24, 2.45) is 0 Å². The average Bonchev–Trinajstić information content (AvgIpc) is 2.45. The Hall–Kier alpha value is -1.52. The highest BCUT2D eigenvalue weighted by atomic mass is 35.5. The minimum Gasteiger partial charge on any atom is -0.352 e. The average molecular weight is 343 g/mol. The number of carbonyl (C=O) groups excluding carboxylic acids is 2. The van der Waals surface area contributed by atoms with Gasteiger partial charge in [-0.3, -0.25) is 9.59 Å². The van der Waals surface area contributed by atoms with E-state index in [0.717, 1.165) is 0 Å². The van der Waals surface area contributed by atoms with Crippen LogP contribution in [0.15, 0.2) is 24.3 Å². The lowest BCUT2D eigenvalue weighted by atomic mass is 10.2. The van der Waals surface area contributed by atoms with Crippen LogP contribution in [0.4, 0.5) is 0 Å². The summed E-state index contributed by atoms with van der Waals surface area (Å²) in [7, 11) is 0. The second-order valence-corrected chi connectivity index (χ2v) is 5.84. The number of rotatable bonds is 6. The van der Waals surface area contributed by atoms with E-state index in [0.29, 0.717) is 22.2 Å². The van der Waals surface area contributed by atoms with Crippen molar-refractivity contribution in [3.05, 3.63) is 39.9 Å². The van der Waals surface area contributed by atoms with Crippen LogP contribution in [0.5, 0.6) is 0 Å². The Morgan fingerprint density at radius 1 is 1.32 bits per heavy atom. The highest BCUT2D eigenvalue weighted by molar-refractivity contribution is 6.42. The molecular formula is C16H20Cl2N2O2. The van der Waals surface area contributed by atoms with Gasteiger partial charge in [0.25, 0.3) is 0 Å². The summed E-state index contributed by atoms with van der Waals surface area (Å²) in [5.41, 5.74) is 0.658. The van der Waals surface area contributed by atoms with E-state index in [1.807, 2.05) is 20.8 Å². The molecule has 1 N–H and O–H groups in total. The molecule has 0 spiro atoms. The fourth-order valence-electron chi connectivity index (χ4n) is 1.80. The zero-order valence-electron chi connectivity index (χ0n) is 12.9. The minimum absolute atomic E-state index is 0.0289. The molecule has 0 heterocycles. The molecule has 0 bridgehead atoms. The smallest absolute Gasteiger partial charge is 0.247 e. The van der Waals surface area contributed by atoms with E-state index in [1.54, 1.807) is 24.3 Å². The van der Waals surface area contributed by atoms with Crippen molar-refractivity contribution in [3.63, 3.8) is 0 Å². The first-order valence-electron chi connectivity index (χ1n) is 7.05. The largest absolute Gasteiger partial charge is 0.352 e. The van der Waals surface area contributed by atoms with Gasteiger partial charge in [-0.15, -0.1) is 0 Å². The standard InChI is InChI=1S/C16H20Cl2N2O2/c1-4-20(10-14(21)19-11(2)3)15(22)9-8-12-6-5-7-13(17)16(12)18/h5-9,11H,4,10H2,1-3H3,(H,19,21)/b9-8+. The predicted molar refractivity (Wildman–Crippen MR) is 91.0 cm³/mol. The normalized spacial score (nSPS) is 11.0. The fraction of sp³-hybridized carbons (Fsp3) is 0.375. The summed E-state index contributed by atoms with van der Waals surface area (Å²) >= 11 is 12.0. The highest BCUT2D eigenvalue weighted by Crippen LogP contribution is 2.26. The van der Waals surface area contributed by atoms with Gasteiger partial charge in [0.15, 0.2) is 0 Å². The number of likely N-dealkylation sites (N-methyl/N-ethyl adjacent to an activating group) is 1. The van der Waals surface area contributed by atoms with Crippen molar-refractivity contribution in [3.8, 4) is 0 Å². The molecule has 0 aliphatic heterocycles. The topological polar surface area (TPSA) is 49.4 Å². The number of nitrogens with zero attached hydrogens (tertiary/aromatic N) is 1. The molecule has 0 aliphatic carbocycles. The number of carbonyl (C=O) groups is 2. The van der Waals surface area contributed by atoms with Crippen molar-refractivity contribution < 1.29 is 9.59 Å². The van der Waals surface area contributed by atoms with Crippen LogP contribution in [0.25, 0.3) is 6.08 Å². The molecule has 22 heavy (non-hydrogen) atoms. The summed E-state index contributed by atoms with van der Waals surface area (Å²) < 4.78 is 0. The molecule has 1 aromatic carbocycles. The maximum absolute atomic E-state index is 12.1. The number of amides is 2. The van der Waals surface area contributed by atoms with Gasteiger partial charge in [0, 0.05) is 18.7 Å². The first kappa shape index (κ1) is 18.5. The number of nitrogens with one attached hydrogen (secondary N) is 1. The Balaban J connectivity index is 2.74. The highest BCUT2D eigenvalue weighted by Gasteiger charge is 2.13. The molecule has 1 rings (SSSR count). The van der Waals surface area contributed by atoms with Crippen LogP contribution in [0.1, 0.15) is 26.3 Å². The Bertz CT molecular complexity index is 571. The summed E-state index contributed by atoms with van der Waals surface area (Å²) in [6.45, 7) is 6.04. The molecule has 0 atom stereocenters. The lowest BCUT2D eigenvalue weighted by Gasteiger charge is -2.19. The molecule has 0 aromatic heterocycles. The van der Waals surface area contributed by atoms with E-state index >= 15 is 0 Å². The summed E-state index contributed by atoms with van der Waals surface area (Å²) in [6.07, 6.45) is 2.99. The number of hydrogen-bond donors (Lipinski definition) is 1. The number of benzene rings is 1. The van der Waals surface area contributed by atoms with E-state index in [2.05, 4.69) is 5.32 Å². The minimum atomic E-state index is -0.252. The van der Waals surface area contributed by atoms with Crippen LogP contribution >= 0.6 is 23.2 Å². The molecule has 0 saturated heterocycles. The fourth-order valence-corrected chi connectivity index (χ4v) is 2.17. The molecule has 0 saturated carbocycles. The molecule has 4 nitrogen and oxygen atoms in total. The number of halogens is 2. The van der Waals surface area contributed by atoms with E-state index in [1.165, 1.54) is 11.0 Å². The maximum atomic E-state index is 12.1. The van der Waals surface area contributed by atoms with Gasteiger partial charge in [-0.25, -0.2) is 0 Å². The molecule has 2 amide bonds. The first-order chi connectivity index (χ1) is 10.3. The van der Waals surface area contributed by atoms with Crippen LogP contribution in [-0.2, 0) is 9.59 Å². The van der Waals surface area contributed by atoms with Crippen molar-refractivity contribution in [2.75, 3.05) is 13.1 Å². The van der Waals surface area contributed by atoms with Gasteiger partial charge in [-0.05, 0) is 38.5 Å². The summed E-state index contributed by atoms with van der Waals surface area (Å²) in [6, 6.07) is 5.24. The Labute approximate surface area is 141 Å². The third kappa shape index (κ3) is 5.70. The SMILES string of the molecule is CCN(CC(=O)NC(C)C)C(=O)/C=C/c1cccc(Cl)c1Cl. The van der Waals surface area contributed by atoms with Crippen molar-refractivity contribution in [1.82, 2.24) is 10.2 Å². The van der Waals surface area contributed by atoms with Gasteiger partial charge in [-0.2, -0.15) is 0 Å². The van der Waals surface area contributed by atoms with Gasteiger partial charge >= 0.3 is 0 Å². The van der Waals surface area contributed by atoms with Crippen molar-refractivity contribution >= 4 is 41.1 Å². The second-order valence-electron chi connectivity index (χ2n) is 5.05. The van der Waals surface area contributed by atoms with E-state index in [-0.39, 0.29) is 24.4 Å². The summed E-state index contributed by atoms with van der Waals surface area (Å²) in [5, 5.41) is 3.58. The Morgan fingerprint density at radius 3 is 2.59 bits per heavy atom. The van der Waals surface area contributed by atoms with Crippen LogP contribution in [0, 0.1) is 0 Å². The Morgan fingerprint density at radius 2 is 2.00 bits per heavy atom. The first-order valence-corrected chi connectivity index (χ1v) is 7.81. The van der Waals surface area contributed by atoms with Gasteiger partial charge in [0.1, 0.15) is 0 Å². The Kier molecular flexibility index (Phi) is 7.42. The summed E-state index contributed by atoms with van der Waals surface area (Å²) in [4.78, 5) is 25.3. The molecular weight excluding hydrogens is 323 g/mol. The van der Waals surface area contributed by atoms with Gasteiger partial charge in [-0.1, -0.05) is 35.3 Å². The van der Waals surface area contributed by atoms with Crippen LogP contribution in [0.3, 0.4) is 0 Å². The van der Waals surface area contributed by atoms with Crippen LogP contribution < -0.4 is 5.32 Å². The van der Waals surface area contributed by atoms with Crippen molar-refractivity contribution in [1.29, 1.82) is 0 Å². The quantitative estimate of drug-likeness (QED) is 0.805. The third-order valence-electron chi connectivity index (χ3n) is 2.86. The maximum Gasteiger partial charge on any atom is 0.247 e. The van der Waals surface area contributed by atoms with E-state index in [9.17, 15) is 9.59 Å². The molecule has 0 radical (unpaired) electrons. The van der Waals surface area contributed by atoms with Crippen LogP contribution in [-0.4, -0.2) is 35.8 Å². The molecule has 0 unspecified atom stereocenters. The molecule has 6 heteroatoms. The lowest BCUT2D eigenvalue weighted by Crippen LogP contribution is -2.42. The zero-order chi connectivity index (χ0) is 16.7. The zero-order valence-corrected chi connectivity index (χ0v) is 14.4. The number of hydrogen-bond acceptors (Lipinski definition) is 2. The molecule has 1 aromatic rings. The monoisotopic (exact) mass is 342 g/mol. The molecule has 120 valence electrons. The van der Waals surface area contributed by atoms with E-state index < -0.39 is 0 Å². The second kappa shape index (κ2) is 8.81. The van der Waals surface area contributed by atoms with Crippen molar-refractivity contribution in [2.45, 2.75) is 26.8 Å². The van der Waals surface area contributed by atoms with E-state index in [4.69, 9.17) is 23.2 Å². The van der Waals surface area contributed by atoms with Gasteiger partial charge < -0.3 is 10.2 Å². The van der Waals surface area contributed by atoms with Crippen LogP contribution in [0.2, 0.25) is 10.0 Å². The van der Waals surface area contributed by atoms with Gasteiger partial charge in [0.2, 0.25) is 11.8 Å². The molecule has 0 fully saturated rings. The predicted octanol–water partition coefficient (Wildman–Crippen LogP) is 3.38. The van der Waals surface area contributed by atoms with Gasteiger partial charge in [0.05, 0.1) is 16.6 Å².